The van der Waals surface area contributed by atoms with Crippen LogP contribution in [0.3, 0.4) is 0 Å². The number of nitrogens with two attached hydrogens (primary N) is 1. The van der Waals surface area contributed by atoms with Crippen molar-refractivity contribution in [3.05, 3.63) is 36.0 Å². The topological polar surface area (TPSA) is 104 Å². The molecule has 4 atom stereocenters. The second-order valence-electron chi connectivity index (χ2n) is 8.79. The van der Waals surface area contributed by atoms with Crippen molar-refractivity contribution >= 4 is 22.5 Å². The molecule has 33 heavy (non-hydrogen) atoms. The molecule has 2 aromatic rings. The van der Waals surface area contributed by atoms with Crippen LogP contribution >= 0.6 is 0 Å². The fourth-order valence-corrected chi connectivity index (χ4v) is 4.80. The number of carbonyl (C=O) groups is 1. The first-order chi connectivity index (χ1) is 15.7. The summed E-state index contributed by atoms with van der Waals surface area (Å²) in [6.45, 7) is 0.494. The summed E-state index contributed by atoms with van der Waals surface area (Å²) in [6.07, 6.45) is -1.95. The number of nitriles is 1. The molecular formula is C23H26F3N5O2. The van der Waals surface area contributed by atoms with Crippen LogP contribution in [0.5, 0.6) is 0 Å². The molecule has 4 unspecified atom stereocenters. The number of nitrogens with zero attached hydrogens (tertiary/aromatic N) is 3. The molecule has 2 fully saturated rings. The van der Waals surface area contributed by atoms with E-state index in [0.717, 1.165) is 0 Å². The smallest absolute Gasteiger partial charge is 0.368 e. The number of hydrogen-bond acceptors (Lipinski definition) is 6. The number of halogens is 3. The van der Waals surface area contributed by atoms with E-state index in [1.165, 1.54) is 0 Å². The highest BCUT2D eigenvalue weighted by Gasteiger charge is 2.45. The van der Waals surface area contributed by atoms with E-state index in [1.54, 1.807) is 35.4 Å². The van der Waals surface area contributed by atoms with Gasteiger partial charge in [-0.25, -0.2) is 0 Å². The Kier molecular flexibility index (Phi) is 6.72. The van der Waals surface area contributed by atoms with Gasteiger partial charge in [-0.15, -0.1) is 0 Å². The molecule has 0 aliphatic carbocycles. The number of anilines is 1. The van der Waals surface area contributed by atoms with Crippen molar-refractivity contribution in [3.63, 3.8) is 0 Å². The molecule has 0 saturated carbocycles. The number of piperidine rings is 1. The molecule has 4 rings (SSSR count). The van der Waals surface area contributed by atoms with Gasteiger partial charge < -0.3 is 20.7 Å². The molecule has 7 nitrogen and oxygen atoms in total. The molecule has 2 saturated heterocycles. The Bertz CT molecular complexity index is 1050. The van der Waals surface area contributed by atoms with Crippen molar-refractivity contribution in [2.24, 2.45) is 17.6 Å². The van der Waals surface area contributed by atoms with Crippen LogP contribution in [0.2, 0.25) is 0 Å². The van der Waals surface area contributed by atoms with Gasteiger partial charge in [-0.05, 0) is 49.4 Å². The van der Waals surface area contributed by atoms with Crippen LogP contribution < -0.4 is 16.0 Å². The van der Waals surface area contributed by atoms with Crippen molar-refractivity contribution in [1.82, 2.24) is 10.3 Å². The lowest BCUT2D eigenvalue weighted by Gasteiger charge is -2.40. The lowest BCUT2D eigenvalue weighted by molar-refractivity contribution is -0.178. The molecule has 1 amide bonds. The van der Waals surface area contributed by atoms with Crippen molar-refractivity contribution in [1.29, 1.82) is 5.26 Å². The van der Waals surface area contributed by atoms with E-state index in [1.807, 2.05) is 0 Å². The second kappa shape index (κ2) is 9.53. The van der Waals surface area contributed by atoms with Crippen LogP contribution in [0.1, 0.15) is 31.2 Å². The molecule has 0 bridgehead atoms. The zero-order chi connectivity index (χ0) is 23.6. The number of benzene rings is 1. The van der Waals surface area contributed by atoms with E-state index in [0.29, 0.717) is 41.6 Å². The molecule has 176 valence electrons. The molecule has 1 aromatic heterocycles. The third kappa shape index (κ3) is 5.37. The predicted molar refractivity (Wildman–Crippen MR) is 116 cm³/mol. The van der Waals surface area contributed by atoms with Crippen LogP contribution in [-0.4, -0.2) is 49.0 Å². The van der Waals surface area contributed by atoms with Crippen molar-refractivity contribution in [2.75, 3.05) is 24.6 Å². The standard InChI is InChI=1S/C23H26F3N5O2/c24-23(25,26)16-10-17(30-21(32)9-14-5-7-33-20(28)8-14)13-31(12-16)19-4-3-15(11-27)22-18(19)2-1-6-29-22/h1-4,6,14,16-17,20H,5,7-10,12-13,28H2,(H,30,32). The number of pyridine rings is 1. The summed E-state index contributed by atoms with van der Waals surface area (Å²) < 4.78 is 46.6. The first-order valence-electron chi connectivity index (χ1n) is 11.0. The summed E-state index contributed by atoms with van der Waals surface area (Å²) in [5, 5.41) is 12.8. The van der Waals surface area contributed by atoms with Gasteiger partial charge in [0.1, 0.15) is 12.3 Å². The number of hydrogen-bond donors (Lipinski definition) is 2. The van der Waals surface area contributed by atoms with Crippen LogP contribution in [0.4, 0.5) is 18.9 Å². The number of amides is 1. The van der Waals surface area contributed by atoms with Gasteiger partial charge in [-0.2, -0.15) is 18.4 Å². The van der Waals surface area contributed by atoms with E-state index < -0.39 is 24.4 Å². The third-order valence-corrected chi connectivity index (χ3v) is 6.38. The SMILES string of the molecule is N#Cc1ccc(N2CC(NC(=O)CC3CCOC(N)C3)CC(C(F)(F)F)C2)c2cccnc12. The largest absolute Gasteiger partial charge is 0.393 e. The van der Waals surface area contributed by atoms with Gasteiger partial charge in [0.05, 0.1) is 17.0 Å². The summed E-state index contributed by atoms with van der Waals surface area (Å²) in [5.41, 5.74) is 7.17. The summed E-state index contributed by atoms with van der Waals surface area (Å²) in [4.78, 5) is 18.5. The Morgan fingerprint density at radius 3 is 2.85 bits per heavy atom. The number of nitrogens with one attached hydrogen (secondary N) is 1. The van der Waals surface area contributed by atoms with E-state index in [-0.39, 0.29) is 37.8 Å². The molecule has 2 aliphatic heterocycles. The minimum atomic E-state index is -4.39. The molecule has 3 N–H and O–H groups in total. The van der Waals surface area contributed by atoms with E-state index in [9.17, 15) is 23.2 Å². The van der Waals surface area contributed by atoms with Gasteiger partial charge in [0.2, 0.25) is 5.91 Å². The van der Waals surface area contributed by atoms with Gasteiger partial charge in [0.15, 0.2) is 0 Å². The maximum atomic E-state index is 13.8. The zero-order valence-electron chi connectivity index (χ0n) is 18.0. The Balaban J connectivity index is 1.55. The molecule has 0 radical (unpaired) electrons. The third-order valence-electron chi connectivity index (χ3n) is 6.38. The maximum Gasteiger partial charge on any atom is 0.393 e. The van der Waals surface area contributed by atoms with E-state index >= 15 is 0 Å². The predicted octanol–water partition coefficient (Wildman–Crippen LogP) is 3.08. The van der Waals surface area contributed by atoms with Crippen molar-refractivity contribution < 1.29 is 22.7 Å². The average Bonchev–Trinajstić information content (AvgIpc) is 2.77. The van der Waals surface area contributed by atoms with Crippen LogP contribution in [-0.2, 0) is 9.53 Å². The Hall–Kier alpha value is -2.90. The Morgan fingerprint density at radius 1 is 1.30 bits per heavy atom. The minimum absolute atomic E-state index is 0.0559. The van der Waals surface area contributed by atoms with Crippen LogP contribution in [0, 0.1) is 23.2 Å². The summed E-state index contributed by atoms with van der Waals surface area (Å²) >= 11 is 0. The van der Waals surface area contributed by atoms with Crippen LogP contribution in [0.25, 0.3) is 10.9 Å². The van der Waals surface area contributed by atoms with Crippen molar-refractivity contribution in [2.45, 2.75) is 44.1 Å². The summed E-state index contributed by atoms with van der Waals surface area (Å²) in [5.74, 6) is -1.80. The van der Waals surface area contributed by atoms with Gasteiger partial charge >= 0.3 is 6.18 Å². The molecule has 2 aliphatic rings. The van der Waals surface area contributed by atoms with Gasteiger partial charge in [0, 0.05) is 49.4 Å². The minimum Gasteiger partial charge on any atom is -0.368 e. The molecule has 0 spiro atoms. The fourth-order valence-electron chi connectivity index (χ4n) is 4.80. The number of aromatic nitrogens is 1. The number of carbonyl (C=O) groups excluding carboxylic acids is 1. The van der Waals surface area contributed by atoms with E-state index in [2.05, 4.69) is 16.4 Å². The normalized spacial score (nSPS) is 26.1. The fraction of sp³-hybridized carbons (Fsp3) is 0.522. The highest BCUT2D eigenvalue weighted by molar-refractivity contribution is 5.95. The second-order valence-corrected chi connectivity index (χ2v) is 8.79. The number of ether oxygens (including phenoxy) is 1. The van der Waals surface area contributed by atoms with Crippen molar-refractivity contribution in [3.8, 4) is 6.07 Å². The summed E-state index contributed by atoms with van der Waals surface area (Å²) in [7, 11) is 0. The molecule has 1 aromatic carbocycles. The molecular weight excluding hydrogens is 435 g/mol. The number of rotatable bonds is 4. The first kappa shape index (κ1) is 23.3. The zero-order valence-corrected chi connectivity index (χ0v) is 18.0. The molecule has 3 heterocycles. The van der Waals surface area contributed by atoms with Crippen LogP contribution in [0.15, 0.2) is 30.5 Å². The average molecular weight is 461 g/mol. The Morgan fingerprint density at radius 2 is 2.12 bits per heavy atom. The molecule has 10 heteroatoms. The summed E-state index contributed by atoms with van der Waals surface area (Å²) in [6, 6.07) is 8.08. The quantitative estimate of drug-likeness (QED) is 0.725. The lowest BCUT2D eigenvalue weighted by Crippen LogP contribution is -2.54. The lowest BCUT2D eigenvalue weighted by atomic mass is 9.91. The highest BCUT2D eigenvalue weighted by atomic mass is 19.4. The number of fused-ring (bicyclic) bond motifs is 1. The first-order valence-corrected chi connectivity index (χ1v) is 11.0. The monoisotopic (exact) mass is 461 g/mol. The number of alkyl halides is 3. The van der Waals surface area contributed by atoms with Gasteiger partial charge in [-0.1, -0.05) is 0 Å². The highest BCUT2D eigenvalue weighted by Crippen LogP contribution is 2.37. The maximum absolute atomic E-state index is 13.8. The Labute approximate surface area is 189 Å². The van der Waals surface area contributed by atoms with Gasteiger partial charge in [0.25, 0.3) is 0 Å². The van der Waals surface area contributed by atoms with Gasteiger partial charge in [-0.3, -0.25) is 9.78 Å². The van der Waals surface area contributed by atoms with E-state index in [4.69, 9.17) is 10.5 Å².